The molecule has 2 N–H and O–H groups in total. The van der Waals surface area contributed by atoms with Gasteiger partial charge in [0.05, 0.1) is 5.69 Å². The van der Waals surface area contributed by atoms with E-state index in [9.17, 15) is 0 Å². The predicted molar refractivity (Wildman–Crippen MR) is 77.0 cm³/mol. The van der Waals surface area contributed by atoms with E-state index in [1.54, 1.807) is 11.3 Å². The predicted octanol–water partition coefficient (Wildman–Crippen LogP) is 3.38. The van der Waals surface area contributed by atoms with Gasteiger partial charge < -0.3 is 5.73 Å². The van der Waals surface area contributed by atoms with Crippen LogP contribution in [0, 0.1) is 13.8 Å². The van der Waals surface area contributed by atoms with Crippen molar-refractivity contribution in [2.45, 2.75) is 46.2 Å². The van der Waals surface area contributed by atoms with Crippen molar-refractivity contribution in [3.8, 4) is 0 Å². The van der Waals surface area contributed by atoms with E-state index in [1.807, 2.05) is 10.9 Å². The van der Waals surface area contributed by atoms with E-state index in [0.29, 0.717) is 6.04 Å². The van der Waals surface area contributed by atoms with Crippen LogP contribution in [0.2, 0.25) is 0 Å². The fourth-order valence-electron chi connectivity index (χ4n) is 1.88. The van der Waals surface area contributed by atoms with Crippen molar-refractivity contribution in [2.75, 3.05) is 0 Å². The third-order valence-electron chi connectivity index (χ3n) is 3.17. The second-order valence-electron chi connectivity index (χ2n) is 5.08. The maximum atomic E-state index is 6.26. The summed E-state index contributed by atoms with van der Waals surface area (Å²) in [5, 5.41) is 4.55. The van der Waals surface area contributed by atoms with Crippen LogP contribution in [-0.4, -0.2) is 9.78 Å². The molecule has 0 spiro atoms. The maximum absolute atomic E-state index is 6.26. The first kappa shape index (κ1) is 13.3. The van der Waals surface area contributed by atoms with Crippen LogP contribution in [0.4, 0.5) is 0 Å². The number of hydrogen-bond donors (Lipinski definition) is 1. The third kappa shape index (κ3) is 2.82. The highest BCUT2D eigenvalue weighted by Gasteiger charge is 2.13. The molecule has 0 aromatic carbocycles. The Bertz CT molecular complexity index is 505. The normalized spacial score (nSPS) is 13.2. The summed E-state index contributed by atoms with van der Waals surface area (Å²) in [7, 11) is 0. The second-order valence-corrected chi connectivity index (χ2v) is 6.37. The standard InChI is InChI=1S/C14H21N3S/c1-9(2)17-6-5-12(16-17)8-13(15)14-7-10(3)11(4)18-14/h5-7,9,13H,8,15H2,1-4H3. The Kier molecular flexibility index (Phi) is 3.88. The summed E-state index contributed by atoms with van der Waals surface area (Å²) in [6.45, 7) is 8.53. The molecule has 0 saturated carbocycles. The first-order chi connectivity index (χ1) is 8.47. The average molecular weight is 263 g/mol. The SMILES string of the molecule is Cc1cc(C(N)Cc2ccn(C(C)C)n2)sc1C. The lowest BCUT2D eigenvalue weighted by Crippen LogP contribution is -2.12. The zero-order chi connectivity index (χ0) is 13.3. The van der Waals surface area contributed by atoms with Gasteiger partial charge in [-0.2, -0.15) is 5.10 Å². The molecule has 2 rings (SSSR count). The average Bonchev–Trinajstić information content (AvgIpc) is 2.87. The Hall–Kier alpha value is -1.13. The molecule has 0 radical (unpaired) electrons. The molecular weight excluding hydrogens is 242 g/mol. The van der Waals surface area contributed by atoms with Gasteiger partial charge in [-0.25, -0.2) is 0 Å². The van der Waals surface area contributed by atoms with Gasteiger partial charge in [0.1, 0.15) is 0 Å². The molecule has 0 amide bonds. The quantitative estimate of drug-likeness (QED) is 0.919. The van der Waals surface area contributed by atoms with Gasteiger partial charge in [0.2, 0.25) is 0 Å². The van der Waals surface area contributed by atoms with E-state index < -0.39 is 0 Å². The van der Waals surface area contributed by atoms with Crippen molar-refractivity contribution in [2.24, 2.45) is 5.73 Å². The van der Waals surface area contributed by atoms with Crippen molar-refractivity contribution in [1.29, 1.82) is 0 Å². The number of thiophene rings is 1. The van der Waals surface area contributed by atoms with E-state index in [2.05, 4.69) is 44.9 Å². The molecule has 2 aromatic heterocycles. The molecule has 1 unspecified atom stereocenters. The third-order valence-corrected chi connectivity index (χ3v) is 4.46. The summed E-state index contributed by atoms with van der Waals surface area (Å²) in [5.41, 5.74) is 8.66. The van der Waals surface area contributed by atoms with Crippen LogP contribution in [0.1, 0.15) is 46.9 Å². The van der Waals surface area contributed by atoms with Crippen LogP contribution in [-0.2, 0) is 6.42 Å². The van der Waals surface area contributed by atoms with Crippen LogP contribution >= 0.6 is 11.3 Å². The summed E-state index contributed by atoms with van der Waals surface area (Å²) < 4.78 is 1.98. The molecule has 2 heterocycles. The maximum Gasteiger partial charge on any atom is 0.0643 e. The zero-order valence-corrected chi connectivity index (χ0v) is 12.3. The van der Waals surface area contributed by atoms with Gasteiger partial charge in [-0.3, -0.25) is 4.68 Å². The summed E-state index contributed by atoms with van der Waals surface area (Å²) in [4.78, 5) is 2.61. The molecule has 3 nitrogen and oxygen atoms in total. The molecule has 0 aliphatic heterocycles. The lowest BCUT2D eigenvalue weighted by molar-refractivity contribution is 0.523. The zero-order valence-electron chi connectivity index (χ0n) is 11.5. The van der Waals surface area contributed by atoms with Crippen molar-refractivity contribution in [3.05, 3.63) is 39.3 Å². The molecular formula is C14H21N3S. The molecule has 4 heteroatoms. The van der Waals surface area contributed by atoms with Crippen LogP contribution in [0.3, 0.4) is 0 Å². The highest BCUT2D eigenvalue weighted by Crippen LogP contribution is 2.27. The van der Waals surface area contributed by atoms with E-state index >= 15 is 0 Å². The Morgan fingerprint density at radius 1 is 1.39 bits per heavy atom. The van der Waals surface area contributed by atoms with Crippen LogP contribution in [0.15, 0.2) is 18.3 Å². The summed E-state index contributed by atoms with van der Waals surface area (Å²) in [6, 6.07) is 4.72. The molecule has 0 saturated heterocycles. The molecule has 1 atom stereocenters. The number of hydrogen-bond acceptors (Lipinski definition) is 3. The number of aromatic nitrogens is 2. The van der Waals surface area contributed by atoms with Gasteiger partial charge in [-0.15, -0.1) is 11.3 Å². The molecule has 18 heavy (non-hydrogen) atoms. The van der Waals surface area contributed by atoms with E-state index in [0.717, 1.165) is 12.1 Å². The number of rotatable bonds is 4. The Morgan fingerprint density at radius 3 is 2.61 bits per heavy atom. The van der Waals surface area contributed by atoms with Gasteiger partial charge in [0.15, 0.2) is 0 Å². The van der Waals surface area contributed by atoms with Crippen LogP contribution < -0.4 is 5.73 Å². The summed E-state index contributed by atoms with van der Waals surface area (Å²) in [5.74, 6) is 0. The summed E-state index contributed by atoms with van der Waals surface area (Å²) in [6.07, 6.45) is 2.83. The number of nitrogens with two attached hydrogens (primary N) is 1. The number of nitrogens with zero attached hydrogens (tertiary/aromatic N) is 2. The van der Waals surface area contributed by atoms with Crippen molar-refractivity contribution >= 4 is 11.3 Å². The molecule has 2 aromatic rings. The smallest absolute Gasteiger partial charge is 0.0643 e. The topological polar surface area (TPSA) is 43.8 Å². The lowest BCUT2D eigenvalue weighted by atomic mass is 10.1. The number of aryl methyl sites for hydroxylation is 2. The molecule has 0 aliphatic rings. The fourth-order valence-corrected chi connectivity index (χ4v) is 2.93. The van der Waals surface area contributed by atoms with Crippen molar-refractivity contribution in [3.63, 3.8) is 0 Å². The van der Waals surface area contributed by atoms with Gasteiger partial charge in [-0.05, 0) is 45.4 Å². The Labute approximate surface area is 113 Å². The molecule has 98 valence electrons. The summed E-state index contributed by atoms with van der Waals surface area (Å²) >= 11 is 1.80. The highest BCUT2D eigenvalue weighted by molar-refractivity contribution is 7.12. The minimum Gasteiger partial charge on any atom is -0.323 e. The lowest BCUT2D eigenvalue weighted by Gasteiger charge is -2.08. The molecule has 0 bridgehead atoms. The van der Waals surface area contributed by atoms with E-state index in [-0.39, 0.29) is 6.04 Å². The monoisotopic (exact) mass is 263 g/mol. The van der Waals surface area contributed by atoms with Gasteiger partial charge in [-0.1, -0.05) is 0 Å². The van der Waals surface area contributed by atoms with Gasteiger partial charge in [0.25, 0.3) is 0 Å². The second kappa shape index (κ2) is 5.24. The minimum atomic E-state index is 0.0536. The first-order valence-corrected chi connectivity index (χ1v) is 7.15. The van der Waals surface area contributed by atoms with Gasteiger partial charge >= 0.3 is 0 Å². The first-order valence-electron chi connectivity index (χ1n) is 6.34. The largest absolute Gasteiger partial charge is 0.323 e. The fraction of sp³-hybridized carbons (Fsp3) is 0.500. The van der Waals surface area contributed by atoms with Crippen molar-refractivity contribution in [1.82, 2.24) is 9.78 Å². The Morgan fingerprint density at radius 2 is 2.11 bits per heavy atom. The van der Waals surface area contributed by atoms with Gasteiger partial charge in [0, 0.05) is 34.5 Å². The molecule has 0 aliphatic carbocycles. The van der Waals surface area contributed by atoms with E-state index in [4.69, 9.17) is 5.73 Å². The molecule has 0 fully saturated rings. The Balaban J connectivity index is 2.08. The highest BCUT2D eigenvalue weighted by atomic mass is 32.1. The van der Waals surface area contributed by atoms with Crippen LogP contribution in [0.25, 0.3) is 0 Å². The van der Waals surface area contributed by atoms with E-state index in [1.165, 1.54) is 15.3 Å². The minimum absolute atomic E-state index is 0.0536. The van der Waals surface area contributed by atoms with Crippen LogP contribution in [0.5, 0.6) is 0 Å². The van der Waals surface area contributed by atoms with Crippen molar-refractivity contribution < 1.29 is 0 Å².